The minimum Gasteiger partial charge on any atom is -0.493 e. The Hall–Kier alpha value is -4.61. The average Bonchev–Trinajstić information content (AvgIpc) is 3.06. The van der Waals surface area contributed by atoms with Gasteiger partial charge in [-0.05, 0) is 48.0 Å². The number of ether oxygens (including phenoxy) is 2. The van der Waals surface area contributed by atoms with Crippen LogP contribution in [0.5, 0.6) is 11.5 Å². The number of likely N-dealkylation sites (N-methyl/N-ethyl adjacent to an activating group) is 1. The second-order valence-corrected chi connectivity index (χ2v) is 12.2. The smallest absolute Gasteiger partial charge is 0.264 e. The Morgan fingerprint density at radius 2 is 1.53 bits per heavy atom. The number of nitrogens with zero attached hydrogens (tertiary/aromatic N) is 2. The maximum absolute atomic E-state index is 14.9. The Labute approximate surface area is 267 Å². The van der Waals surface area contributed by atoms with Crippen molar-refractivity contribution in [2.45, 2.75) is 23.9 Å². The average molecular weight is 654 g/mol. The number of halogens is 2. The molecule has 1 atom stereocenters. The number of carbonyl (C=O) groups excluding carboxylic acids is 2. The lowest BCUT2D eigenvalue weighted by atomic mass is 10.0. The molecule has 9 nitrogen and oxygen atoms in total. The van der Waals surface area contributed by atoms with Gasteiger partial charge >= 0.3 is 0 Å². The van der Waals surface area contributed by atoms with E-state index in [0.29, 0.717) is 10.8 Å². The molecule has 4 aromatic carbocycles. The van der Waals surface area contributed by atoms with Gasteiger partial charge in [0.2, 0.25) is 11.8 Å². The van der Waals surface area contributed by atoms with Crippen LogP contribution in [-0.4, -0.2) is 59.0 Å². The van der Waals surface area contributed by atoms with E-state index in [4.69, 9.17) is 21.1 Å². The van der Waals surface area contributed by atoms with Gasteiger partial charge in [0.1, 0.15) is 18.4 Å². The Morgan fingerprint density at radius 3 is 2.16 bits per heavy atom. The number of benzene rings is 4. The van der Waals surface area contributed by atoms with Crippen LogP contribution >= 0.6 is 11.6 Å². The largest absolute Gasteiger partial charge is 0.493 e. The second kappa shape index (κ2) is 14.9. The molecular formula is C33H33ClFN3O6S. The van der Waals surface area contributed by atoms with E-state index in [-0.39, 0.29) is 34.9 Å². The number of hydrogen-bond acceptors (Lipinski definition) is 6. The van der Waals surface area contributed by atoms with Crippen molar-refractivity contribution in [1.82, 2.24) is 10.2 Å². The van der Waals surface area contributed by atoms with Crippen molar-refractivity contribution in [3.8, 4) is 11.5 Å². The van der Waals surface area contributed by atoms with Crippen LogP contribution in [0.15, 0.2) is 102 Å². The summed E-state index contributed by atoms with van der Waals surface area (Å²) >= 11 is 6.10. The van der Waals surface area contributed by atoms with Gasteiger partial charge in [0.05, 0.1) is 24.8 Å². The molecule has 2 amide bonds. The van der Waals surface area contributed by atoms with Crippen molar-refractivity contribution in [2.24, 2.45) is 0 Å². The third-order valence-electron chi connectivity index (χ3n) is 7.15. The molecule has 0 spiro atoms. The quantitative estimate of drug-likeness (QED) is 0.216. The molecule has 0 fully saturated rings. The van der Waals surface area contributed by atoms with Gasteiger partial charge < -0.3 is 19.7 Å². The number of carbonyl (C=O) groups is 2. The van der Waals surface area contributed by atoms with Crippen LogP contribution in [0.25, 0.3) is 0 Å². The first-order valence-electron chi connectivity index (χ1n) is 13.9. The zero-order chi connectivity index (χ0) is 32.6. The molecule has 0 bridgehead atoms. The number of methoxy groups -OCH3 is 2. The maximum Gasteiger partial charge on any atom is 0.264 e. The molecule has 1 N–H and O–H groups in total. The summed E-state index contributed by atoms with van der Waals surface area (Å²) in [6.45, 7) is -1.00. The van der Waals surface area contributed by atoms with Crippen molar-refractivity contribution in [1.29, 1.82) is 0 Å². The van der Waals surface area contributed by atoms with Gasteiger partial charge in [-0.1, -0.05) is 60.1 Å². The lowest BCUT2D eigenvalue weighted by molar-refractivity contribution is -0.139. The van der Waals surface area contributed by atoms with Gasteiger partial charge in [-0.15, -0.1) is 0 Å². The third-order valence-corrected chi connectivity index (χ3v) is 9.17. The van der Waals surface area contributed by atoms with Gasteiger partial charge in [-0.3, -0.25) is 13.9 Å². The standard InChI is InChI=1S/C33H33ClFN3O6S/c1-36-33(40)29(19-23-9-5-4-6-10-23)37(21-24-11-7-8-12-28(24)35)32(39)22-38(26-15-13-25(34)14-16-26)45(41,42)27-17-18-30(43-2)31(20-27)44-3/h4-18,20,29H,19,21-22H2,1-3H3,(H,36,40)/t29-/m0/s1. The molecule has 0 saturated carbocycles. The van der Waals surface area contributed by atoms with Crippen LogP contribution in [0.2, 0.25) is 5.02 Å². The van der Waals surface area contributed by atoms with Gasteiger partial charge in [-0.2, -0.15) is 0 Å². The van der Waals surface area contributed by atoms with Gasteiger partial charge in [-0.25, -0.2) is 12.8 Å². The SMILES string of the molecule is CNC(=O)[C@H](Cc1ccccc1)N(Cc1ccccc1F)C(=O)CN(c1ccc(Cl)cc1)S(=O)(=O)c1ccc(OC)c(OC)c1. The minimum atomic E-state index is -4.41. The van der Waals surface area contributed by atoms with Crippen LogP contribution in [0, 0.1) is 5.82 Å². The molecule has 45 heavy (non-hydrogen) atoms. The van der Waals surface area contributed by atoms with Crippen LogP contribution < -0.4 is 19.1 Å². The van der Waals surface area contributed by atoms with Gasteiger partial charge in [0.15, 0.2) is 11.5 Å². The van der Waals surface area contributed by atoms with Gasteiger partial charge in [0, 0.05) is 36.7 Å². The fraction of sp³-hybridized carbons (Fsp3) is 0.212. The third kappa shape index (κ3) is 7.92. The Kier molecular flexibility index (Phi) is 11.0. The van der Waals surface area contributed by atoms with E-state index in [0.717, 1.165) is 9.87 Å². The molecule has 0 unspecified atom stereocenters. The Balaban J connectivity index is 1.81. The molecule has 0 aliphatic rings. The second-order valence-electron chi connectivity index (χ2n) is 9.94. The number of hydrogen-bond donors (Lipinski definition) is 1. The van der Waals surface area contributed by atoms with Crippen molar-refractivity contribution >= 4 is 39.1 Å². The highest BCUT2D eigenvalue weighted by atomic mass is 35.5. The molecule has 0 aliphatic heterocycles. The summed E-state index contributed by atoms with van der Waals surface area (Å²) in [6.07, 6.45) is 0.101. The van der Waals surface area contributed by atoms with E-state index in [2.05, 4.69) is 5.32 Å². The zero-order valence-electron chi connectivity index (χ0n) is 24.9. The molecule has 0 heterocycles. The monoisotopic (exact) mass is 653 g/mol. The number of amides is 2. The highest BCUT2D eigenvalue weighted by molar-refractivity contribution is 7.92. The van der Waals surface area contributed by atoms with Crippen LogP contribution in [-0.2, 0) is 32.6 Å². The molecule has 4 aromatic rings. The van der Waals surface area contributed by atoms with E-state index in [9.17, 15) is 22.4 Å². The lowest BCUT2D eigenvalue weighted by Gasteiger charge is -2.33. The molecule has 0 radical (unpaired) electrons. The summed E-state index contributed by atoms with van der Waals surface area (Å²) in [5.41, 5.74) is 1.06. The first-order valence-corrected chi connectivity index (χ1v) is 15.7. The van der Waals surface area contributed by atoms with Crippen molar-refractivity contribution in [2.75, 3.05) is 32.1 Å². The van der Waals surface area contributed by atoms with Crippen LogP contribution in [0.4, 0.5) is 10.1 Å². The van der Waals surface area contributed by atoms with Gasteiger partial charge in [0.25, 0.3) is 10.0 Å². The predicted octanol–water partition coefficient (Wildman–Crippen LogP) is 5.08. The molecule has 12 heteroatoms. The first-order chi connectivity index (χ1) is 21.6. The summed E-state index contributed by atoms with van der Waals surface area (Å²) in [6, 6.07) is 23.9. The summed E-state index contributed by atoms with van der Waals surface area (Å²) in [4.78, 5) is 28.7. The predicted molar refractivity (Wildman–Crippen MR) is 170 cm³/mol. The molecule has 4 rings (SSSR count). The first kappa shape index (κ1) is 33.3. The van der Waals surface area contributed by atoms with E-state index in [1.54, 1.807) is 18.2 Å². The van der Waals surface area contributed by atoms with E-state index in [1.165, 1.54) is 86.8 Å². The molecule has 0 aromatic heterocycles. The highest BCUT2D eigenvalue weighted by Gasteiger charge is 2.35. The summed E-state index contributed by atoms with van der Waals surface area (Å²) < 4.78 is 54.8. The van der Waals surface area contributed by atoms with Crippen LogP contribution in [0.1, 0.15) is 11.1 Å². The number of sulfonamides is 1. The molecule has 236 valence electrons. The van der Waals surface area contributed by atoms with Crippen molar-refractivity contribution in [3.63, 3.8) is 0 Å². The highest BCUT2D eigenvalue weighted by Crippen LogP contribution is 2.33. The number of anilines is 1. The topological polar surface area (TPSA) is 105 Å². The fourth-order valence-electron chi connectivity index (χ4n) is 4.77. The summed E-state index contributed by atoms with van der Waals surface area (Å²) in [5, 5.41) is 2.95. The van der Waals surface area contributed by atoms with E-state index < -0.39 is 40.2 Å². The summed E-state index contributed by atoms with van der Waals surface area (Å²) in [5.74, 6) is -1.31. The minimum absolute atomic E-state index is 0.101. The summed E-state index contributed by atoms with van der Waals surface area (Å²) in [7, 11) is -0.174. The molecule has 0 saturated heterocycles. The molecular weight excluding hydrogens is 621 g/mol. The van der Waals surface area contributed by atoms with Crippen LogP contribution in [0.3, 0.4) is 0 Å². The Morgan fingerprint density at radius 1 is 0.889 bits per heavy atom. The van der Waals surface area contributed by atoms with Crippen molar-refractivity contribution < 1.29 is 31.9 Å². The normalized spacial score (nSPS) is 11.8. The fourth-order valence-corrected chi connectivity index (χ4v) is 6.33. The number of nitrogens with one attached hydrogen (secondary N) is 1. The Bertz CT molecular complexity index is 1740. The zero-order valence-corrected chi connectivity index (χ0v) is 26.5. The maximum atomic E-state index is 14.9. The van der Waals surface area contributed by atoms with E-state index >= 15 is 0 Å². The molecule has 0 aliphatic carbocycles. The number of rotatable bonds is 13. The lowest BCUT2D eigenvalue weighted by Crippen LogP contribution is -2.53. The van der Waals surface area contributed by atoms with E-state index in [1.807, 2.05) is 18.2 Å². The van der Waals surface area contributed by atoms with Crippen molar-refractivity contribution in [3.05, 3.63) is 119 Å².